The van der Waals surface area contributed by atoms with Gasteiger partial charge in [0.05, 0.1) is 0 Å². The van der Waals surface area contributed by atoms with Crippen LogP contribution >= 0.6 is 11.8 Å². The van der Waals surface area contributed by atoms with Crippen molar-refractivity contribution >= 4 is 11.8 Å². The van der Waals surface area contributed by atoms with Gasteiger partial charge in [0.25, 0.3) is 0 Å². The van der Waals surface area contributed by atoms with Crippen LogP contribution in [0.4, 0.5) is 0 Å². The number of benzene rings is 1. The van der Waals surface area contributed by atoms with Gasteiger partial charge in [0.2, 0.25) is 0 Å². The molecule has 0 aliphatic rings. The molecule has 0 saturated carbocycles. The normalized spacial score (nSPS) is 14.9. The molecule has 0 aliphatic carbocycles. The monoisotopic (exact) mass is 223 g/mol. The van der Waals surface area contributed by atoms with Crippen molar-refractivity contribution in [2.24, 2.45) is 11.7 Å². The second-order valence-electron chi connectivity index (χ2n) is 3.98. The molecule has 0 aliphatic heterocycles. The smallest absolute Gasteiger partial charge is 0.00719 e. The van der Waals surface area contributed by atoms with E-state index in [4.69, 9.17) is 5.73 Å². The highest BCUT2D eigenvalue weighted by atomic mass is 32.2. The van der Waals surface area contributed by atoms with Crippen molar-refractivity contribution in [2.75, 3.05) is 5.75 Å². The van der Waals surface area contributed by atoms with E-state index in [0.717, 1.165) is 0 Å². The molecule has 0 bridgehead atoms. The fourth-order valence-corrected chi connectivity index (χ4v) is 2.69. The molecular weight excluding hydrogens is 202 g/mol. The van der Waals surface area contributed by atoms with Crippen LogP contribution in [-0.2, 0) is 0 Å². The van der Waals surface area contributed by atoms with Crippen molar-refractivity contribution in [3.8, 4) is 0 Å². The molecule has 84 valence electrons. The van der Waals surface area contributed by atoms with Gasteiger partial charge in [-0.15, -0.1) is 11.8 Å². The topological polar surface area (TPSA) is 26.0 Å². The third-order valence-electron chi connectivity index (χ3n) is 2.77. The van der Waals surface area contributed by atoms with Crippen molar-refractivity contribution in [2.45, 2.75) is 37.6 Å². The molecule has 0 saturated heterocycles. The summed E-state index contributed by atoms with van der Waals surface area (Å²) >= 11 is 1.93. The summed E-state index contributed by atoms with van der Waals surface area (Å²) in [6.07, 6.45) is 2.40. The summed E-state index contributed by atoms with van der Waals surface area (Å²) < 4.78 is 0. The van der Waals surface area contributed by atoms with Crippen LogP contribution in [0.2, 0.25) is 0 Å². The van der Waals surface area contributed by atoms with Gasteiger partial charge in [-0.25, -0.2) is 0 Å². The van der Waals surface area contributed by atoms with E-state index < -0.39 is 0 Å². The van der Waals surface area contributed by atoms with Gasteiger partial charge < -0.3 is 5.73 Å². The number of hydrogen-bond donors (Lipinski definition) is 1. The number of thioether (sulfide) groups is 1. The summed E-state index contributed by atoms with van der Waals surface area (Å²) in [5, 5.41) is 0. The van der Waals surface area contributed by atoms with E-state index in [1.807, 2.05) is 11.8 Å². The molecule has 0 aromatic heterocycles. The molecule has 2 heteroatoms. The Hall–Kier alpha value is -0.470. The lowest BCUT2D eigenvalue weighted by molar-refractivity contribution is 0.420. The Morgan fingerprint density at radius 3 is 2.47 bits per heavy atom. The molecule has 0 amide bonds. The summed E-state index contributed by atoms with van der Waals surface area (Å²) in [4.78, 5) is 1.36. The Morgan fingerprint density at radius 1 is 1.27 bits per heavy atom. The SMILES string of the molecule is CCC(CCSc1ccccc1)C(C)N. The first-order chi connectivity index (χ1) is 7.24. The van der Waals surface area contributed by atoms with Gasteiger partial charge in [-0.3, -0.25) is 0 Å². The molecule has 15 heavy (non-hydrogen) atoms. The van der Waals surface area contributed by atoms with Crippen LogP contribution in [0, 0.1) is 5.92 Å². The fraction of sp³-hybridized carbons (Fsp3) is 0.538. The highest BCUT2D eigenvalue weighted by Crippen LogP contribution is 2.21. The van der Waals surface area contributed by atoms with E-state index in [9.17, 15) is 0 Å². The summed E-state index contributed by atoms with van der Waals surface area (Å²) in [6, 6.07) is 10.9. The minimum Gasteiger partial charge on any atom is -0.328 e. The summed E-state index contributed by atoms with van der Waals surface area (Å²) in [7, 11) is 0. The zero-order valence-corrected chi connectivity index (χ0v) is 10.5. The molecule has 2 atom stereocenters. The van der Waals surface area contributed by atoms with Crippen LogP contribution in [0.25, 0.3) is 0 Å². The molecule has 2 unspecified atom stereocenters. The molecular formula is C13H21NS. The van der Waals surface area contributed by atoms with Crippen molar-refractivity contribution in [1.82, 2.24) is 0 Å². The molecule has 0 radical (unpaired) electrons. The van der Waals surface area contributed by atoms with Gasteiger partial charge in [0.1, 0.15) is 0 Å². The Balaban J connectivity index is 2.27. The lowest BCUT2D eigenvalue weighted by Gasteiger charge is -2.18. The Morgan fingerprint density at radius 2 is 1.93 bits per heavy atom. The first-order valence-corrected chi connectivity index (χ1v) is 6.66. The third kappa shape index (κ3) is 4.72. The van der Waals surface area contributed by atoms with Crippen LogP contribution < -0.4 is 5.73 Å². The van der Waals surface area contributed by atoms with Crippen molar-refractivity contribution in [3.05, 3.63) is 30.3 Å². The lowest BCUT2D eigenvalue weighted by Crippen LogP contribution is -2.26. The van der Waals surface area contributed by atoms with Gasteiger partial charge in [-0.1, -0.05) is 31.5 Å². The zero-order valence-electron chi connectivity index (χ0n) is 9.65. The number of nitrogens with two attached hydrogens (primary N) is 1. The van der Waals surface area contributed by atoms with Crippen molar-refractivity contribution in [1.29, 1.82) is 0 Å². The van der Waals surface area contributed by atoms with E-state index in [2.05, 4.69) is 44.2 Å². The number of hydrogen-bond acceptors (Lipinski definition) is 2. The van der Waals surface area contributed by atoms with Crippen LogP contribution in [0.15, 0.2) is 35.2 Å². The standard InChI is InChI=1S/C13H21NS/c1-3-12(11(2)14)9-10-15-13-7-5-4-6-8-13/h4-8,11-12H,3,9-10,14H2,1-2H3. The molecule has 1 aromatic rings. The quantitative estimate of drug-likeness (QED) is 0.746. The van der Waals surface area contributed by atoms with E-state index in [-0.39, 0.29) is 0 Å². The van der Waals surface area contributed by atoms with E-state index in [1.54, 1.807) is 0 Å². The average Bonchev–Trinajstić information content (AvgIpc) is 2.25. The molecule has 2 N–H and O–H groups in total. The Bertz CT molecular complexity index is 258. The molecule has 0 fully saturated rings. The van der Waals surface area contributed by atoms with E-state index >= 15 is 0 Å². The van der Waals surface area contributed by atoms with Gasteiger partial charge in [0.15, 0.2) is 0 Å². The molecule has 1 rings (SSSR count). The molecule has 0 spiro atoms. The van der Waals surface area contributed by atoms with Crippen LogP contribution in [0.3, 0.4) is 0 Å². The minimum absolute atomic E-state index is 0.325. The van der Waals surface area contributed by atoms with Crippen LogP contribution in [0.1, 0.15) is 26.7 Å². The molecule has 0 heterocycles. The maximum Gasteiger partial charge on any atom is 0.00719 e. The number of rotatable bonds is 6. The minimum atomic E-state index is 0.325. The summed E-state index contributed by atoms with van der Waals surface area (Å²) in [5.74, 6) is 1.84. The fourth-order valence-electron chi connectivity index (χ4n) is 1.68. The third-order valence-corrected chi connectivity index (χ3v) is 3.81. The average molecular weight is 223 g/mol. The molecule has 1 aromatic carbocycles. The van der Waals surface area contributed by atoms with Gasteiger partial charge >= 0.3 is 0 Å². The Labute approximate surface area is 97.4 Å². The zero-order chi connectivity index (χ0) is 11.1. The van der Waals surface area contributed by atoms with E-state index in [1.165, 1.54) is 23.5 Å². The second-order valence-corrected chi connectivity index (χ2v) is 5.15. The predicted molar refractivity (Wildman–Crippen MR) is 69.2 cm³/mol. The second kappa shape index (κ2) is 6.91. The first kappa shape index (κ1) is 12.6. The molecule has 1 nitrogen and oxygen atoms in total. The van der Waals surface area contributed by atoms with Gasteiger partial charge in [-0.2, -0.15) is 0 Å². The van der Waals surface area contributed by atoms with Crippen LogP contribution in [0.5, 0.6) is 0 Å². The first-order valence-electron chi connectivity index (χ1n) is 5.67. The highest BCUT2D eigenvalue weighted by Gasteiger charge is 2.10. The largest absolute Gasteiger partial charge is 0.328 e. The van der Waals surface area contributed by atoms with Gasteiger partial charge in [-0.05, 0) is 37.1 Å². The highest BCUT2D eigenvalue weighted by molar-refractivity contribution is 7.99. The lowest BCUT2D eigenvalue weighted by atomic mass is 9.96. The van der Waals surface area contributed by atoms with Crippen molar-refractivity contribution in [3.63, 3.8) is 0 Å². The maximum atomic E-state index is 5.92. The van der Waals surface area contributed by atoms with Crippen LogP contribution in [-0.4, -0.2) is 11.8 Å². The Kier molecular flexibility index (Phi) is 5.81. The summed E-state index contributed by atoms with van der Waals surface area (Å²) in [6.45, 7) is 4.34. The van der Waals surface area contributed by atoms with Gasteiger partial charge in [0, 0.05) is 10.9 Å². The van der Waals surface area contributed by atoms with Crippen molar-refractivity contribution < 1.29 is 0 Å². The predicted octanol–water partition coefficient (Wildman–Crippen LogP) is 3.54. The van der Waals surface area contributed by atoms with E-state index in [0.29, 0.717) is 12.0 Å². The maximum absolute atomic E-state index is 5.92. The summed E-state index contributed by atoms with van der Waals surface area (Å²) in [5.41, 5.74) is 5.92.